The predicted octanol–water partition coefficient (Wildman–Crippen LogP) is 10.1. The number of halogens is 2. The van der Waals surface area contributed by atoms with Crippen molar-refractivity contribution in [2.24, 2.45) is 14.1 Å². The van der Waals surface area contributed by atoms with Gasteiger partial charge in [-0.05, 0) is 112 Å². The van der Waals surface area contributed by atoms with Crippen molar-refractivity contribution in [2.75, 3.05) is 18.1 Å². The number of benzene rings is 3. The van der Waals surface area contributed by atoms with Gasteiger partial charge in [-0.2, -0.15) is 5.10 Å². The van der Waals surface area contributed by atoms with Gasteiger partial charge in [-0.3, -0.25) is 9.48 Å². The number of ether oxygens (including phenoxy) is 1. The molecule has 1 atom stereocenters. The van der Waals surface area contributed by atoms with Crippen LogP contribution in [0.1, 0.15) is 93.8 Å². The molecule has 0 unspecified atom stereocenters. The standard InChI is InChI=1S/C42H45Cl2N5O4/c1-21(2)27-17-28-19-34(42(51)52)46(8)38(28)33(18-27)48-20-24(5)49-39-31(12-13-32(43)36(39)35-25(6)45-47(9)26(35)7)30(40(49)41(48)50)11-10-14-53-29-15-22(3)37(44)23(4)16-29/h12-13,15-19,21,24H,10-11,14,20H2,1-9H3,(H,51,52)/t24-/m1/s1. The van der Waals surface area contributed by atoms with Gasteiger partial charge in [-0.25, -0.2) is 4.79 Å². The Morgan fingerprint density at radius 2 is 1.70 bits per heavy atom. The maximum atomic E-state index is 15.2. The van der Waals surface area contributed by atoms with E-state index in [9.17, 15) is 9.90 Å². The molecule has 0 saturated heterocycles. The Kier molecular flexibility index (Phi) is 9.40. The number of aromatic carboxylic acids is 1. The SMILES string of the molecule is Cc1cc(OCCCc2c3n(c4c(-c5c(C)nn(C)c5C)c(Cl)ccc24)[C@H](C)CN(c2cc(C(C)C)cc4cc(C(=O)O)n(C)c24)C3=O)cc(C)c1Cl. The fourth-order valence-electron chi connectivity index (χ4n) is 8.19. The van der Waals surface area contributed by atoms with Gasteiger partial charge in [0.2, 0.25) is 0 Å². The number of hydrogen-bond donors (Lipinski definition) is 1. The highest BCUT2D eigenvalue weighted by Crippen LogP contribution is 2.46. The maximum absolute atomic E-state index is 15.2. The van der Waals surface area contributed by atoms with Crippen molar-refractivity contribution in [2.45, 2.75) is 73.3 Å². The van der Waals surface area contributed by atoms with Crippen LogP contribution in [0.3, 0.4) is 0 Å². The Morgan fingerprint density at radius 1 is 1.00 bits per heavy atom. The van der Waals surface area contributed by atoms with Crippen LogP contribution in [-0.2, 0) is 20.5 Å². The van der Waals surface area contributed by atoms with Crippen molar-refractivity contribution in [1.82, 2.24) is 18.9 Å². The zero-order valence-corrected chi connectivity index (χ0v) is 33.2. The fourth-order valence-corrected chi connectivity index (χ4v) is 8.54. The summed E-state index contributed by atoms with van der Waals surface area (Å²) in [5.74, 6) is -0.230. The lowest BCUT2D eigenvalue weighted by Crippen LogP contribution is -2.43. The Bertz CT molecular complexity index is 2460. The van der Waals surface area contributed by atoms with Crippen LogP contribution in [0.25, 0.3) is 32.9 Å². The second kappa shape index (κ2) is 13.6. The topological polar surface area (TPSA) is 94.5 Å². The third kappa shape index (κ3) is 5.98. The third-order valence-corrected chi connectivity index (χ3v) is 11.8. The van der Waals surface area contributed by atoms with Crippen LogP contribution in [0.5, 0.6) is 5.75 Å². The van der Waals surface area contributed by atoms with Crippen molar-refractivity contribution in [3.63, 3.8) is 0 Å². The molecule has 4 heterocycles. The molecule has 11 heteroatoms. The van der Waals surface area contributed by atoms with E-state index in [2.05, 4.69) is 31.4 Å². The number of nitrogens with zero attached hydrogens (tertiary/aromatic N) is 5. The van der Waals surface area contributed by atoms with E-state index in [4.69, 9.17) is 33.0 Å². The minimum Gasteiger partial charge on any atom is -0.494 e. The molecule has 9 nitrogen and oxygen atoms in total. The molecule has 1 N–H and O–H groups in total. The van der Waals surface area contributed by atoms with E-state index in [-0.39, 0.29) is 23.6 Å². The Hall–Kier alpha value is -4.73. The first-order valence-electron chi connectivity index (χ1n) is 18.0. The third-order valence-electron chi connectivity index (χ3n) is 10.9. The summed E-state index contributed by atoms with van der Waals surface area (Å²) in [4.78, 5) is 29.4. The van der Waals surface area contributed by atoms with Crippen LogP contribution in [0.15, 0.2) is 42.5 Å². The van der Waals surface area contributed by atoms with Gasteiger partial charge in [0.05, 0.1) is 34.0 Å². The number of aryl methyl sites for hydroxylation is 6. The predicted molar refractivity (Wildman–Crippen MR) is 214 cm³/mol. The van der Waals surface area contributed by atoms with Crippen LogP contribution >= 0.6 is 23.2 Å². The van der Waals surface area contributed by atoms with Crippen molar-refractivity contribution in [1.29, 1.82) is 0 Å². The van der Waals surface area contributed by atoms with Crippen LogP contribution in [0.4, 0.5) is 5.69 Å². The maximum Gasteiger partial charge on any atom is 0.352 e. The number of fused-ring (bicyclic) bond motifs is 4. The van der Waals surface area contributed by atoms with Crippen molar-refractivity contribution < 1.29 is 19.4 Å². The number of aromatic nitrogens is 4. The molecular formula is C42H45Cl2N5O4. The first kappa shape index (κ1) is 36.6. The summed E-state index contributed by atoms with van der Waals surface area (Å²) in [7, 11) is 3.68. The van der Waals surface area contributed by atoms with Crippen LogP contribution in [0, 0.1) is 27.7 Å². The van der Waals surface area contributed by atoms with Gasteiger partial charge in [-0.15, -0.1) is 0 Å². The summed E-state index contributed by atoms with van der Waals surface area (Å²) < 4.78 is 12.0. The molecule has 53 heavy (non-hydrogen) atoms. The lowest BCUT2D eigenvalue weighted by molar-refractivity contribution is 0.0687. The van der Waals surface area contributed by atoms with E-state index in [0.717, 1.165) is 71.8 Å². The number of amides is 1. The largest absolute Gasteiger partial charge is 0.494 e. The highest BCUT2D eigenvalue weighted by atomic mass is 35.5. The fraction of sp³-hybridized carbons (Fsp3) is 0.357. The van der Waals surface area contributed by atoms with Crippen LogP contribution < -0.4 is 9.64 Å². The molecule has 0 bridgehead atoms. The number of rotatable bonds is 9. The molecule has 6 aromatic rings. The summed E-state index contributed by atoms with van der Waals surface area (Å²) in [5, 5.41) is 17.9. The molecule has 0 radical (unpaired) electrons. The average molecular weight is 755 g/mol. The van der Waals surface area contributed by atoms with Gasteiger partial charge in [0, 0.05) is 59.3 Å². The highest BCUT2D eigenvalue weighted by Gasteiger charge is 2.38. The number of carbonyl (C=O) groups excluding carboxylic acids is 1. The molecule has 0 aliphatic carbocycles. The van der Waals surface area contributed by atoms with E-state index in [1.807, 2.05) is 74.7 Å². The number of carboxylic acid groups (broad SMARTS) is 1. The second-order valence-electron chi connectivity index (χ2n) is 14.8. The van der Waals surface area contributed by atoms with Gasteiger partial charge >= 0.3 is 5.97 Å². The van der Waals surface area contributed by atoms with Crippen molar-refractivity contribution >= 4 is 62.6 Å². The molecular weight excluding hydrogens is 709 g/mol. The molecule has 1 aliphatic rings. The van der Waals surface area contributed by atoms with Gasteiger partial charge < -0.3 is 23.9 Å². The minimum absolute atomic E-state index is 0.138. The van der Waals surface area contributed by atoms with E-state index < -0.39 is 5.97 Å². The second-order valence-corrected chi connectivity index (χ2v) is 15.6. The smallest absolute Gasteiger partial charge is 0.352 e. The number of hydrogen-bond acceptors (Lipinski definition) is 4. The number of carbonyl (C=O) groups is 2. The van der Waals surface area contributed by atoms with Gasteiger partial charge in [0.25, 0.3) is 5.91 Å². The summed E-state index contributed by atoms with van der Waals surface area (Å²) >= 11 is 13.5. The summed E-state index contributed by atoms with van der Waals surface area (Å²) in [5.41, 5.74) is 10.7. The Labute approximate surface area is 319 Å². The lowest BCUT2D eigenvalue weighted by Gasteiger charge is -2.35. The van der Waals surface area contributed by atoms with E-state index in [1.54, 1.807) is 17.7 Å². The summed E-state index contributed by atoms with van der Waals surface area (Å²) in [6.07, 6.45) is 1.24. The molecule has 1 amide bonds. The molecule has 3 aromatic heterocycles. The molecule has 0 saturated carbocycles. The molecule has 1 aliphatic heterocycles. The highest BCUT2D eigenvalue weighted by molar-refractivity contribution is 6.35. The van der Waals surface area contributed by atoms with Gasteiger partial charge in [0.1, 0.15) is 17.1 Å². The minimum atomic E-state index is -1.02. The van der Waals surface area contributed by atoms with Gasteiger partial charge in [0.15, 0.2) is 0 Å². The average Bonchev–Trinajstić information content (AvgIpc) is 3.71. The Morgan fingerprint density at radius 3 is 2.32 bits per heavy atom. The molecule has 276 valence electrons. The zero-order valence-electron chi connectivity index (χ0n) is 31.7. The number of anilines is 1. The van der Waals surface area contributed by atoms with Crippen LogP contribution in [0.2, 0.25) is 10.0 Å². The Balaban J connectivity index is 1.41. The van der Waals surface area contributed by atoms with E-state index in [0.29, 0.717) is 47.9 Å². The zero-order chi connectivity index (χ0) is 38.2. The molecule has 3 aromatic carbocycles. The van der Waals surface area contributed by atoms with Crippen molar-refractivity contribution in [3.8, 4) is 16.9 Å². The molecule has 0 fully saturated rings. The summed E-state index contributed by atoms with van der Waals surface area (Å²) in [6.45, 7) is 15.1. The quantitative estimate of drug-likeness (QED) is 0.148. The monoisotopic (exact) mass is 753 g/mol. The molecule has 7 rings (SSSR count). The lowest BCUT2D eigenvalue weighted by atomic mass is 9.98. The normalized spacial score (nSPS) is 14.6. The summed E-state index contributed by atoms with van der Waals surface area (Å²) in [6, 6.07) is 13.5. The first-order valence-corrected chi connectivity index (χ1v) is 18.8. The molecule has 0 spiro atoms. The number of carboxylic acids is 1. The van der Waals surface area contributed by atoms with E-state index >= 15 is 4.79 Å². The van der Waals surface area contributed by atoms with Crippen LogP contribution in [-0.4, -0.2) is 49.0 Å². The van der Waals surface area contributed by atoms with E-state index in [1.165, 1.54) is 0 Å². The van der Waals surface area contributed by atoms with Crippen molar-refractivity contribution in [3.05, 3.63) is 97.5 Å². The first-order chi connectivity index (χ1) is 25.1. The van der Waals surface area contributed by atoms with Gasteiger partial charge in [-0.1, -0.05) is 43.1 Å².